The summed E-state index contributed by atoms with van der Waals surface area (Å²) in [5, 5.41) is 0. The number of hydrogen-bond acceptors (Lipinski definition) is 5. The highest BCUT2D eigenvalue weighted by atomic mass is 16.6. The normalized spacial score (nSPS) is 22.4. The van der Waals surface area contributed by atoms with Crippen molar-refractivity contribution in [1.82, 2.24) is 0 Å². The predicted molar refractivity (Wildman–Crippen MR) is 92.7 cm³/mol. The molecule has 2 aromatic rings. The van der Waals surface area contributed by atoms with E-state index >= 15 is 0 Å². The summed E-state index contributed by atoms with van der Waals surface area (Å²) in [7, 11) is 3.02. The van der Waals surface area contributed by atoms with E-state index in [9.17, 15) is 4.79 Å². The molecule has 0 unspecified atom stereocenters. The van der Waals surface area contributed by atoms with Gasteiger partial charge in [0.15, 0.2) is 0 Å². The van der Waals surface area contributed by atoms with Crippen LogP contribution in [0, 0.1) is 5.92 Å². The summed E-state index contributed by atoms with van der Waals surface area (Å²) < 4.78 is 22.0. The van der Waals surface area contributed by atoms with Crippen LogP contribution in [0.1, 0.15) is 18.1 Å². The van der Waals surface area contributed by atoms with Crippen LogP contribution in [0.25, 0.3) is 0 Å². The van der Waals surface area contributed by atoms with Gasteiger partial charge in [-0.15, -0.1) is 0 Å². The van der Waals surface area contributed by atoms with Gasteiger partial charge in [0, 0.05) is 0 Å². The Kier molecular flexibility index (Phi) is 5.56. The van der Waals surface area contributed by atoms with Crippen molar-refractivity contribution in [3.63, 3.8) is 0 Å². The molecule has 3 atom stereocenters. The van der Waals surface area contributed by atoms with Gasteiger partial charge in [0.05, 0.1) is 32.3 Å². The Morgan fingerprint density at radius 1 is 1.04 bits per heavy atom. The lowest BCUT2D eigenvalue weighted by Crippen LogP contribution is -2.20. The fourth-order valence-corrected chi connectivity index (χ4v) is 3.05. The zero-order valence-corrected chi connectivity index (χ0v) is 14.4. The highest BCUT2D eigenvalue weighted by Gasteiger charge is 2.41. The highest BCUT2D eigenvalue weighted by molar-refractivity contribution is 5.73. The molecule has 1 heterocycles. The lowest BCUT2D eigenvalue weighted by Gasteiger charge is -2.17. The van der Waals surface area contributed by atoms with E-state index < -0.39 is 0 Å². The van der Waals surface area contributed by atoms with Gasteiger partial charge >= 0.3 is 5.97 Å². The van der Waals surface area contributed by atoms with Crippen molar-refractivity contribution in [2.24, 2.45) is 5.92 Å². The van der Waals surface area contributed by atoms with Crippen molar-refractivity contribution >= 4 is 5.97 Å². The third kappa shape index (κ3) is 4.12. The van der Waals surface area contributed by atoms with Crippen molar-refractivity contribution in [2.45, 2.75) is 18.6 Å². The van der Waals surface area contributed by atoms with Crippen LogP contribution in [0.4, 0.5) is 0 Å². The van der Waals surface area contributed by atoms with Gasteiger partial charge < -0.3 is 18.9 Å². The minimum absolute atomic E-state index is 0.170. The first kappa shape index (κ1) is 17.3. The Balaban J connectivity index is 1.70. The number of carbonyl (C=O) groups excluding carboxylic acids is 1. The second-order valence-electron chi connectivity index (χ2n) is 5.94. The van der Waals surface area contributed by atoms with Crippen LogP contribution in [0.2, 0.25) is 0 Å². The Labute approximate surface area is 147 Å². The van der Waals surface area contributed by atoms with E-state index in [-0.39, 0.29) is 24.1 Å². The highest BCUT2D eigenvalue weighted by Crippen LogP contribution is 2.39. The maximum Gasteiger partial charge on any atom is 0.311 e. The number of para-hydroxylation sites is 1. The van der Waals surface area contributed by atoms with E-state index in [0.717, 1.165) is 17.1 Å². The Hall–Kier alpha value is -2.53. The van der Waals surface area contributed by atoms with E-state index in [1.807, 2.05) is 54.6 Å². The molecule has 3 rings (SSSR count). The maximum atomic E-state index is 12.2. The lowest BCUT2D eigenvalue weighted by atomic mass is 9.94. The van der Waals surface area contributed by atoms with Crippen LogP contribution in [0.15, 0.2) is 54.6 Å². The third-order valence-electron chi connectivity index (χ3n) is 4.35. The average molecular weight is 342 g/mol. The molecule has 0 bridgehead atoms. The summed E-state index contributed by atoms with van der Waals surface area (Å²) in [6, 6.07) is 17.1. The van der Waals surface area contributed by atoms with Gasteiger partial charge in [-0.3, -0.25) is 4.79 Å². The van der Waals surface area contributed by atoms with Crippen LogP contribution >= 0.6 is 0 Å². The molecule has 0 N–H and O–H groups in total. The van der Waals surface area contributed by atoms with E-state index in [2.05, 4.69) is 0 Å². The zero-order valence-electron chi connectivity index (χ0n) is 14.4. The minimum atomic E-state index is -0.345. The molecule has 0 radical (unpaired) electrons. The molecule has 1 fully saturated rings. The quantitative estimate of drug-likeness (QED) is 0.753. The van der Waals surface area contributed by atoms with E-state index in [1.165, 1.54) is 7.11 Å². The molecule has 0 amide bonds. The number of carbonyl (C=O) groups is 1. The average Bonchev–Trinajstić information content (AvgIpc) is 3.11. The van der Waals surface area contributed by atoms with E-state index in [4.69, 9.17) is 18.9 Å². The van der Waals surface area contributed by atoms with Crippen molar-refractivity contribution in [3.8, 4) is 11.5 Å². The number of methoxy groups -OCH3 is 2. The minimum Gasteiger partial charge on any atom is -0.497 e. The van der Waals surface area contributed by atoms with Crippen molar-refractivity contribution in [1.29, 1.82) is 0 Å². The summed E-state index contributed by atoms with van der Waals surface area (Å²) in [5.41, 5.74) is 0.929. The fourth-order valence-electron chi connectivity index (χ4n) is 3.05. The summed E-state index contributed by atoms with van der Waals surface area (Å²) >= 11 is 0. The van der Waals surface area contributed by atoms with Crippen LogP contribution in [0.5, 0.6) is 11.5 Å². The van der Waals surface area contributed by atoms with Crippen molar-refractivity contribution in [2.75, 3.05) is 20.8 Å². The SMILES string of the molecule is COC(=O)[C@H]1C[C@H](COc2ccccc2)O[C@@H]1c1ccc(OC)cc1. The second-order valence-corrected chi connectivity index (χ2v) is 5.94. The molecule has 1 saturated heterocycles. The van der Waals surface area contributed by atoms with Gasteiger partial charge in [0.25, 0.3) is 0 Å². The van der Waals surface area contributed by atoms with Crippen LogP contribution in [-0.2, 0) is 14.3 Å². The fraction of sp³-hybridized carbons (Fsp3) is 0.350. The molecular weight excluding hydrogens is 320 g/mol. The van der Waals surface area contributed by atoms with Gasteiger partial charge in [-0.1, -0.05) is 30.3 Å². The summed E-state index contributed by atoms with van der Waals surface area (Å²) in [6.45, 7) is 0.393. The second kappa shape index (κ2) is 8.03. The first-order chi connectivity index (χ1) is 12.2. The largest absolute Gasteiger partial charge is 0.497 e. The molecule has 25 heavy (non-hydrogen) atoms. The molecule has 1 aliphatic rings. The molecule has 5 heteroatoms. The number of rotatable bonds is 6. The number of benzene rings is 2. The molecule has 0 saturated carbocycles. The van der Waals surface area contributed by atoms with Crippen LogP contribution in [-0.4, -0.2) is 32.9 Å². The Bertz CT molecular complexity index is 683. The number of esters is 1. The molecule has 5 nitrogen and oxygen atoms in total. The monoisotopic (exact) mass is 342 g/mol. The van der Waals surface area contributed by atoms with Gasteiger partial charge in [0.1, 0.15) is 18.1 Å². The first-order valence-corrected chi connectivity index (χ1v) is 8.26. The molecule has 2 aromatic carbocycles. The van der Waals surface area contributed by atoms with Crippen LogP contribution in [0.3, 0.4) is 0 Å². The molecule has 132 valence electrons. The smallest absolute Gasteiger partial charge is 0.311 e. The summed E-state index contributed by atoms with van der Waals surface area (Å²) in [5.74, 6) is 0.944. The number of ether oxygens (including phenoxy) is 4. The molecule has 0 aliphatic carbocycles. The van der Waals surface area contributed by atoms with Gasteiger partial charge in [-0.25, -0.2) is 0 Å². The predicted octanol–water partition coefficient (Wildman–Crippen LogP) is 3.39. The standard InChI is InChI=1S/C20H22O5/c1-22-15-10-8-14(9-11-15)19-18(20(21)23-2)12-17(25-19)13-24-16-6-4-3-5-7-16/h3-11,17-19H,12-13H2,1-2H3/t17-,18+,19-/m1/s1. The van der Waals surface area contributed by atoms with Crippen molar-refractivity contribution in [3.05, 3.63) is 60.2 Å². The maximum absolute atomic E-state index is 12.2. The van der Waals surface area contributed by atoms with Gasteiger partial charge in [-0.2, -0.15) is 0 Å². The first-order valence-electron chi connectivity index (χ1n) is 8.26. The molecule has 1 aliphatic heterocycles. The summed E-state index contributed by atoms with van der Waals surface area (Å²) in [4.78, 5) is 12.2. The topological polar surface area (TPSA) is 54.0 Å². The molecule has 0 spiro atoms. The third-order valence-corrected chi connectivity index (χ3v) is 4.35. The molecular formula is C20H22O5. The van der Waals surface area contributed by atoms with Crippen molar-refractivity contribution < 1.29 is 23.7 Å². The van der Waals surface area contributed by atoms with Crippen LogP contribution < -0.4 is 9.47 Å². The van der Waals surface area contributed by atoms with Gasteiger partial charge in [0.2, 0.25) is 0 Å². The lowest BCUT2D eigenvalue weighted by molar-refractivity contribution is -0.147. The van der Waals surface area contributed by atoms with Gasteiger partial charge in [-0.05, 0) is 36.2 Å². The summed E-state index contributed by atoms with van der Waals surface area (Å²) in [6.07, 6.45) is 0.0510. The van der Waals surface area contributed by atoms with E-state index in [0.29, 0.717) is 13.0 Å². The number of hydrogen-bond donors (Lipinski definition) is 0. The Morgan fingerprint density at radius 3 is 2.40 bits per heavy atom. The van der Waals surface area contributed by atoms with E-state index in [1.54, 1.807) is 7.11 Å². The Morgan fingerprint density at radius 2 is 1.76 bits per heavy atom. The molecule has 0 aromatic heterocycles. The zero-order chi connectivity index (χ0) is 17.6.